The Morgan fingerprint density at radius 3 is 1.89 bits per heavy atom. The van der Waals surface area contributed by atoms with Gasteiger partial charge in [-0.3, -0.25) is 9.05 Å². The SMILES string of the molecule is CCCCCCCCC1(CCCCCCCCCOP(=O)(O)OC2CC[N+](C)(C)CC2)OCC(C)(C)N1[O]. The Bertz CT molecular complexity index is 697. The Morgan fingerprint density at radius 2 is 1.39 bits per heavy atom. The van der Waals surface area contributed by atoms with Crippen molar-refractivity contribution in [1.82, 2.24) is 5.06 Å². The zero-order valence-electron chi connectivity index (χ0n) is 25.3. The molecule has 38 heavy (non-hydrogen) atoms. The van der Waals surface area contributed by atoms with E-state index in [9.17, 15) is 14.7 Å². The quantitative estimate of drug-likeness (QED) is 0.0946. The van der Waals surface area contributed by atoms with Gasteiger partial charge in [0.1, 0.15) is 5.72 Å². The molecule has 2 rings (SSSR count). The molecule has 1 N–H and O–H groups in total. The number of phosphoric ester groups is 1. The molecule has 9 heteroatoms. The summed E-state index contributed by atoms with van der Waals surface area (Å²) >= 11 is 0. The topological polar surface area (TPSA) is 88.1 Å². The first-order valence-corrected chi connectivity index (χ1v) is 17.0. The number of phosphoric acid groups is 1. The summed E-state index contributed by atoms with van der Waals surface area (Å²) in [6.07, 6.45) is 17.6. The second-order valence-electron chi connectivity index (χ2n) is 13.1. The summed E-state index contributed by atoms with van der Waals surface area (Å²) in [5, 5.41) is 14.4. The van der Waals surface area contributed by atoms with Crippen molar-refractivity contribution in [2.24, 2.45) is 0 Å². The number of likely N-dealkylation sites (tertiary alicyclic amines) is 1. The molecular weight excluding hydrogens is 503 g/mol. The fourth-order valence-electron chi connectivity index (χ4n) is 5.77. The number of hydrogen-bond donors (Lipinski definition) is 1. The maximum absolute atomic E-state index is 13.1. The highest BCUT2D eigenvalue weighted by atomic mass is 31.2. The van der Waals surface area contributed by atoms with E-state index >= 15 is 0 Å². The van der Waals surface area contributed by atoms with Crippen molar-refractivity contribution in [3.63, 3.8) is 0 Å². The van der Waals surface area contributed by atoms with E-state index in [1.54, 1.807) is 0 Å². The molecule has 2 atom stereocenters. The first-order chi connectivity index (χ1) is 17.9. The highest BCUT2D eigenvalue weighted by molar-refractivity contribution is 7.47. The van der Waals surface area contributed by atoms with Gasteiger partial charge in [0.2, 0.25) is 0 Å². The zero-order valence-corrected chi connectivity index (χ0v) is 26.2. The van der Waals surface area contributed by atoms with Crippen molar-refractivity contribution >= 4 is 7.82 Å². The van der Waals surface area contributed by atoms with Crippen LogP contribution in [0.3, 0.4) is 0 Å². The largest absolute Gasteiger partial charge is 0.472 e. The molecule has 0 spiro atoms. The predicted molar refractivity (Wildman–Crippen MR) is 152 cm³/mol. The minimum Gasteiger partial charge on any atom is -0.356 e. The summed E-state index contributed by atoms with van der Waals surface area (Å²) in [5.74, 6) is 0. The van der Waals surface area contributed by atoms with E-state index in [-0.39, 0.29) is 12.7 Å². The molecule has 0 aliphatic carbocycles. The van der Waals surface area contributed by atoms with Crippen molar-refractivity contribution in [1.29, 1.82) is 0 Å². The van der Waals surface area contributed by atoms with Crippen LogP contribution < -0.4 is 0 Å². The molecule has 2 aliphatic rings. The highest BCUT2D eigenvalue weighted by Crippen LogP contribution is 2.46. The number of quaternary nitrogens is 1. The molecule has 2 aliphatic heterocycles. The summed E-state index contributed by atoms with van der Waals surface area (Å²) in [6, 6.07) is 0. The van der Waals surface area contributed by atoms with Gasteiger partial charge in [0, 0.05) is 12.8 Å². The Kier molecular flexibility index (Phi) is 14.7. The van der Waals surface area contributed by atoms with Crippen LogP contribution in [0.15, 0.2) is 0 Å². The van der Waals surface area contributed by atoms with Crippen molar-refractivity contribution in [3.05, 3.63) is 0 Å². The van der Waals surface area contributed by atoms with E-state index in [0.29, 0.717) is 6.61 Å². The second-order valence-corrected chi connectivity index (χ2v) is 14.5. The van der Waals surface area contributed by atoms with Crippen molar-refractivity contribution < 1.29 is 32.9 Å². The van der Waals surface area contributed by atoms with Crippen LogP contribution in [0.5, 0.6) is 0 Å². The molecule has 2 fully saturated rings. The maximum atomic E-state index is 13.1. The molecule has 0 amide bonds. The summed E-state index contributed by atoms with van der Waals surface area (Å²) in [7, 11) is 0.372. The fraction of sp³-hybridized carbons (Fsp3) is 1.00. The lowest BCUT2D eigenvalue weighted by molar-refractivity contribution is -0.896. The lowest BCUT2D eigenvalue weighted by atomic mass is 9.95. The van der Waals surface area contributed by atoms with E-state index in [2.05, 4.69) is 21.0 Å². The number of hydrogen-bond acceptors (Lipinski definition) is 5. The fourth-order valence-corrected chi connectivity index (χ4v) is 6.78. The molecule has 2 saturated heterocycles. The number of hydroxylamine groups is 2. The van der Waals surface area contributed by atoms with E-state index in [1.807, 2.05) is 13.8 Å². The van der Waals surface area contributed by atoms with Crippen molar-refractivity contribution in [3.8, 4) is 0 Å². The molecular formula is C29H59N2O6P+. The lowest BCUT2D eigenvalue weighted by Crippen LogP contribution is -2.49. The molecule has 0 aromatic carbocycles. The van der Waals surface area contributed by atoms with Gasteiger partial charge in [-0.25, -0.2) is 4.57 Å². The molecule has 0 saturated carbocycles. The van der Waals surface area contributed by atoms with Gasteiger partial charge in [-0.05, 0) is 46.0 Å². The second kappa shape index (κ2) is 16.4. The molecule has 8 nitrogen and oxygen atoms in total. The van der Waals surface area contributed by atoms with Crippen LogP contribution >= 0.6 is 7.82 Å². The van der Waals surface area contributed by atoms with Crippen LogP contribution in [0.4, 0.5) is 0 Å². The summed E-state index contributed by atoms with van der Waals surface area (Å²) in [6.45, 7) is 8.88. The van der Waals surface area contributed by atoms with Gasteiger partial charge in [-0.15, -0.1) is 10.3 Å². The number of piperidine rings is 1. The van der Waals surface area contributed by atoms with Crippen LogP contribution in [0.2, 0.25) is 0 Å². The minimum absolute atomic E-state index is 0.184. The Morgan fingerprint density at radius 1 is 0.895 bits per heavy atom. The van der Waals surface area contributed by atoms with Crippen molar-refractivity contribution in [2.75, 3.05) is 40.4 Å². The average molecular weight is 563 g/mol. The van der Waals surface area contributed by atoms with Gasteiger partial charge in [-0.1, -0.05) is 71.1 Å². The van der Waals surface area contributed by atoms with Crippen LogP contribution in [0.25, 0.3) is 0 Å². The van der Waals surface area contributed by atoms with Crippen LogP contribution in [-0.4, -0.2) is 72.2 Å². The predicted octanol–water partition coefficient (Wildman–Crippen LogP) is 7.38. The van der Waals surface area contributed by atoms with E-state index in [0.717, 1.165) is 94.6 Å². The summed E-state index contributed by atoms with van der Waals surface area (Å²) < 4.78 is 30.0. The van der Waals surface area contributed by atoms with Gasteiger partial charge in [0.15, 0.2) is 0 Å². The molecule has 0 bridgehead atoms. The van der Waals surface area contributed by atoms with Crippen LogP contribution in [0.1, 0.15) is 130 Å². The first-order valence-electron chi connectivity index (χ1n) is 15.5. The smallest absolute Gasteiger partial charge is 0.356 e. The third-order valence-corrected chi connectivity index (χ3v) is 9.47. The normalized spacial score (nSPS) is 25.6. The summed E-state index contributed by atoms with van der Waals surface area (Å²) in [5.41, 5.74) is -1.08. The maximum Gasteiger partial charge on any atom is 0.472 e. The zero-order chi connectivity index (χ0) is 28.1. The minimum atomic E-state index is -3.97. The first kappa shape index (κ1) is 34.2. The standard InChI is InChI=1S/C29H58N2O6P/c1-6-7-8-9-13-16-21-29(30(32)28(2,3)26-35-29)22-17-14-11-10-12-15-18-25-36-38(33,34)37-27-19-23-31(4,5)24-20-27/h27H,6-26H2,1-5H3/p+1. The van der Waals surface area contributed by atoms with Crippen LogP contribution in [0, 0.1) is 0 Å². The number of ether oxygens (including phenoxy) is 1. The lowest BCUT2D eigenvalue weighted by Gasteiger charge is -2.37. The Balaban J connectivity index is 1.54. The Hall–Kier alpha value is -0.0500. The van der Waals surface area contributed by atoms with E-state index in [4.69, 9.17) is 13.8 Å². The summed E-state index contributed by atoms with van der Waals surface area (Å²) in [4.78, 5) is 10.0. The number of unbranched alkanes of at least 4 members (excludes halogenated alkanes) is 11. The van der Waals surface area contributed by atoms with Gasteiger partial charge in [0.05, 0.1) is 52.0 Å². The van der Waals surface area contributed by atoms with Gasteiger partial charge < -0.3 is 14.1 Å². The third kappa shape index (κ3) is 12.2. The monoisotopic (exact) mass is 562 g/mol. The molecule has 0 aromatic heterocycles. The average Bonchev–Trinajstić information content (AvgIpc) is 3.08. The van der Waals surface area contributed by atoms with Gasteiger partial charge in [0.25, 0.3) is 0 Å². The number of rotatable bonds is 20. The van der Waals surface area contributed by atoms with Gasteiger partial charge in [-0.2, -0.15) is 0 Å². The molecule has 0 aromatic rings. The molecule has 225 valence electrons. The van der Waals surface area contributed by atoms with Crippen molar-refractivity contribution in [2.45, 2.75) is 147 Å². The molecule has 1 radical (unpaired) electrons. The Labute approximate surface area is 233 Å². The van der Waals surface area contributed by atoms with E-state index in [1.165, 1.54) is 37.2 Å². The highest BCUT2D eigenvalue weighted by Gasteiger charge is 2.51. The molecule has 2 unspecified atom stereocenters. The van der Waals surface area contributed by atoms with Crippen LogP contribution in [-0.2, 0) is 23.6 Å². The third-order valence-electron chi connectivity index (χ3n) is 8.40. The van der Waals surface area contributed by atoms with Gasteiger partial charge >= 0.3 is 7.82 Å². The molecule has 2 heterocycles. The number of nitrogens with zero attached hydrogens (tertiary/aromatic N) is 2. The van der Waals surface area contributed by atoms with E-state index < -0.39 is 19.1 Å².